The molecule has 1 amide bonds. The molecule has 0 aromatic heterocycles. The number of nitrogens with zero attached hydrogens (tertiary/aromatic N) is 3. The van der Waals surface area contributed by atoms with E-state index in [1.807, 2.05) is 54.1 Å². The van der Waals surface area contributed by atoms with Crippen LogP contribution in [0.5, 0.6) is 5.75 Å². The van der Waals surface area contributed by atoms with Crippen molar-refractivity contribution in [1.29, 1.82) is 0 Å². The summed E-state index contributed by atoms with van der Waals surface area (Å²) in [6.07, 6.45) is 3.99. The van der Waals surface area contributed by atoms with Crippen LogP contribution in [0, 0.1) is 20.8 Å². The lowest BCUT2D eigenvalue weighted by molar-refractivity contribution is -0.131. The van der Waals surface area contributed by atoms with Gasteiger partial charge in [-0.1, -0.05) is 17.7 Å². The molecule has 198 valence electrons. The molecule has 0 saturated carbocycles. The van der Waals surface area contributed by atoms with E-state index >= 15 is 0 Å². The third-order valence-corrected chi connectivity index (χ3v) is 7.68. The molecule has 0 radical (unpaired) electrons. The minimum absolute atomic E-state index is 0.0281. The summed E-state index contributed by atoms with van der Waals surface area (Å²) in [6, 6.07) is 16.0. The molecule has 5 rings (SSSR count). The molecule has 2 heterocycles. The van der Waals surface area contributed by atoms with Gasteiger partial charge in [-0.25, -0.2) is 4.99 Å². The van der Waals surface area contributed by atoms with Gasteiger partial charge in [-0.05, 0) is 110 Å². The number of methoxy groups -OCH3 is 1. The second kappa shape index (κ2) is 10.8. The van der Waals surface area contributed by atoms with E-state index in [1.165, 1.54) is 0 Å². The molecule has 2 aliphatic heterocycles. The number of hydrogen-bond acceptors (Lipinski definition) is 5. The summed E-state index contributed by atoms with van der Waals surface area (Å²) in [4.78, 5) is 22.8. The number of aliphatic imine (C=N–C) groups is 1. The zero-order valence-electron chi connectivity index (χ0n) is 22.7. The van der Waals surface area contributed by atoms with E-state index in [4.69, 9.17) is 21.3 Å². The van der Waals surface area contributed by atoms with Gasteiger partial charge in [0.15, 0.2) is 0 Å². The molecule has 0 bridgehead atoms. The molecule has 1 unspecified atom stereocenters. The number of ether oxygens (including phenoxy) is 1. The van der Waals surface area contributed by atoms with Crippen molar-refractivity contribution >= 4 is 35.2 Å². The Hall–Kier alpha value is -3.35. The molecule has 1 N–H and O–H groups in total. The first-order chi connectivity index (χ1) is 18.2. The van der Waals surface area contributed by atoms with Crippen LogP contribution < -0.4 is 15.0 Å². The molecule has 3 aromatic carbocycles. The van der Waals surface area contributed by atoms with Crippen molar-refractivity contribution in [3.05, 3.63) is 75.8 Å². The monoisotopic (exact) mass is 530 g/mol. The predicted octanol–water partition coefficient (Wildman–Crippen LogP) is 6.37. The van der Waals surface area contributed by atoms with Crippen LogP contribution in [-0.2, 0) is 4.79 Å². The van der Waals surface area contributed by atoms with Crippen molar-refractivity contribution in [2.24, 2.45) is 4.99 Å². The maximum atomic E-state index is 14.2. The number of nitrogens with one attached hydrogen (secondary N) is 1. The smallest absolute Gasteiger partial charge is 0.250 e. The lowest BCUT2D eigenvalue weighted by atomic mass is 9.91. The normalized spacial score (nSPS) is 18.4. The average molecular weight is 531 g/mol. The van der Waals surface area contributed by atoms with Gasteiger partial charge in [-0.3, -0.25) is 4.79 Å². The van der Waals surface area contributed by atoms with E-state index in [1.54, 1.807) is 13.4 Å². The van der Waals surface area contributed by atoms with Crippen molar-refractivity contribution in [2.45, 2.75) is 45.7 Å². The summed E-state index contributed by atoms with van der Waals surface area (Å²) >= 11 is 6.46. The third kappa shape index (κ3) is 5.29. The zero-order chi connectivity index (χ0) is 27.0. The fraction of sp³-hybridized carbons (Fsp3) is 0.355. The molecule has 3 aromatic rings. The highest BCUT2D eigenvalue weighted by molar-refractivity contribution is 6.31. The first kappa shape index (κ1) is 26.3. The topological polar surface area (TPSA) is 57.2 Å². The molecular formula is C31H35ClN4O2. The number of hydrogen-bond donors (Lipinski definition) is 1. The maximum absolute atomic E-state index is 14.2. The fourth-order valence-electron chi connectivity index (χ4n) is 5.59. The number of anilines is 1. The van der Waals surface area contributed by atoms with E-state index < -0.39 is 6.04 Å². The number of benzene rings is 3. The van der Waals surface area contributed by atoms with E-state index in [9.17, 15) is 4.79 Å². The van der Waals surface area contributed by atoms with Crippen molar-refractivity contribution in [2.75, 3.05) is 32.1 Å². The number of rotatable bonds is 6. The van der Waals surface area contributed by atoms with Crippen LogP contribution in [0.25, 0.3) is 11.1 Å². The Morgan fingerprint density at radius 2 is 1.89 bits per heavy atom. The quantitative estimate of drug-likeness (QED) is 0.402. The van der Waals surface area contributed by atoms with Crippen molar-refractivity contribution in [3.8, 4) is 16.9 Å². The summed E-state index contributed by atoms with van der Waals surface area (Å²) < 4.78 is 5.55. The van der Waals surface area contributed by atoms with E-state index in [-0.39, 0.29) is 5.91 Å². The van der Waals surface area contributed by atoms with Crippen LogP contribution in [0.2, 0.25) is 5.02 Å². The van der Waals surface area contributed by atoms with Gasteiger partial charge in [0, 0.05) is 35.9 Å². The summed E-state index contributed by atoms with van der Waals surface area (Å²) in [5, 5.41) is 4.14. The Labute approximate surface area is 230 Å². The van der Waals surface area contributed by atoms with Crippen molar-refractivity contribution < 1.29 is 9.53 Å². The third-order valence-electron chi connectivity index (χ3n) is 7.46. The van der Waals surface area contributed by atoms with Crippen LogP contribution in [0.15, 0.2) is 53.5 Å². The van der Waals surface area contributed by atoms with Gasteiger partial charge < -0.3 is 19.9 Å². The molecule has 7 heteroatoms. The molecule has 6 nitrogen and oxygen atoms in total. The molecule has 2 atom stereocenters. The molecule has 2 aliphatic rings. The van der Waals surface area contributed by atoms with E-state index in [0.717, 1.165) is 69.9 Å². The molecule has 0 aliphatic carbocycles. The van der Waals surface area contributed by atoms with Gasteiger partial charge >= 0.3 is 0 Å². The Morgan fingerprint density at radius 3 is 2.61 bits per heavy atom. The Kier molecular flexibility index (Phi) is 7.46. The fourth-order valence-corrected chi connectivity index (χ4v) is 5.87. The second-order valence-electron chi connectivity index (χ2n) is 10.5. The van der Waals surface area contributed by atoms with E-state index in [2.05, 4.69) is 37.4 Å². The highest BCUT2D eigenvalue weighted by Crippen LogP contribution is 2.42. The molecule has 38 heavy (non-hydrogen) atoms. The van der Waals surface area contributed by atoms with Gasteiger partial charge in [0.1, 0.15) is 11.8 Å². The Bertz CT molecular complexity index is 1380. The number of likely N-dealkylation sites (N-methyl/N-ethyl adjacent to an activating group) is 1. The maximum Gasteiger partial charge on any atom is 0.250 e. The molecule has 1 saturated heterocycles. The Balaban J connectivity index is 1.62. The highest BCUT2D eigenvalue weighted by atomic mass is 35.5. The van der Waals surface area contributed by atoms with Crippen molar-refractivity contribution in [3.63, 3.8) is 0 Å². The number of amides is 1. The van der Waals surface area contributed by atoms with Crippen LogP contribution in [-0.4, -0.2) is 50.4 Å². The van der Waals surface area contributed by atoms with Gasteiger partial charge in [0.2, 0.25) is 5.91 Å². The standard InChI is InChI=1S/C31H35ClN4O2/c1-19-9-22(14-26(12-19)38-5)27-16-28-29(13-21(27)3)34-18-36(25-11-20(2)10-23(32)15-25)30(28)31(37)35(4)17-24-7-6-8-33-24/h9-16,18,24,30,33H,6-8,17H2,1-5H3/t24-,30?/m0/s1. The summed E-state index contributed by atoms with van der Waals surface area (Å²) in [6.45, 7) is 7.82. The highest BCUT2D eigenvalue weighted by Gasteiger charge is 2.35. The van der Waals surface area contributed by atoms with Gasteiger partial charge in [0.25, 0.3) is 0 Å². The van der Waals surface area contributed by atoms with Gasteiger partial charge in [0.05, 0.1) is 19.1 Å². The lowest BCUT2D eigenvalue weighted by Gasteiger charge is -2.36. The zero-order valence-corrected chi connectivity index (χ0v) is 23.5. The minimum Gasteiger partial charge on any atom is -0.497 e. The average Bonchev–Trinajstić information content (AvgIpc) is 3.39. The van der Waals surface area contributed by atoms with Crippen molar-refractivity contribution in [1.82, 2.24) is 10.2 Å². The summed E-state index contributed by atoms with van der Waals surface area (Å²) in [5.41, 5.74) is 7.87. The van der Waals surface area contributed by atoms with E-state index in [0.29, 0.717) is 17.6 Å². The number of carbonyl (C=O) groups is 1. The van der Waals surface area contributed by atoms with Gasteiger partial charge in [-0.15, -0.1) is 0 Å². The number of carbonyl (C=O) groups excluding carboxylic acids is 1. The largest absolute Gasteiger partial charge is 0.497 e. The van der Waals surface area contributed by atoms with Crippen LogP contribution in [0.1, 0.15) is 41.1 Å². The van der Waals surface area contributed by atoms with Gasteiger partial charge in [-0.2, -0.15) is 0 Å². The van der Waals surface area contributed by atoms with Crippen LogP contribution >= 0.6 is 11.6 Å². The SMILES string of the molecule is COc1cc(C)cc(-c2cc3c(cc2C)N=CN(c2cc(C)cc(Cl)c2)C3C(=O)N(C)C[C@@H]2CCCN2)c1. The second-order valence-corrected chi connectivity index (χ2v) is 11.0. The minimum atomic E-state index is -0.571. The summed E-state index contributed by atoms with van der Waals surface area (Å²) in [5.74, 6) is 0.836. The number of aryl methyl sites for hydroxylation is 3. The molecule has 0 spiro atoms. The predicted molar refractivity (Wildman–Crippen MR) is 156 cm³/mol. The van der Waals surface area contributed by atoms with Crippen LogP contribution in [0.3, 0.4) is 0 Å². The first-order valence-corrected chi connectivity index (χ1v) is 13.5. The lowest BCUT2D eigenvalue weighted by Crippen LogP contribution is -2.46. The number of fused-ring (bicyclic) bond motifs is 1. The summed E-state index contributed by atoms with van der Waals surface area (Å²) in [7, 11) is 3.58. The number of halogens is 1. The first-order valence-electron chi connectivity index (χ1n) is 13.1. The van der Waals surface area contributed by atoms with Crippen LogP contribution in [0.4, 0.5) is 11.4 Å². The molecule has 1 fully saturated rings. The Morgan fingerprint density at radius 1 is 1.11 bits per heavy atom. The molecular weight excluding hydrogens is 496 g/mol.